The SMILES string of the molecule is C1CNC(Cc2nn3c(C4CCOC4)nnc3s2)C1. The Morgan fingerprint density at radius 3 is 3.16 bits per heavy atom. The number of nitrogens with one attached hydrogen (secondary N) is 1. The topological polar surface area (TPSA) is 64.3 Å². The molecule has 102 valence electrons. The highest BCUT2D eigenvalue weighted by atomic mass is 32.1. The molecule has 0 saturated carbocycles. The van der Waals surface area contributed by atoms with Crippen LogP contribution in [-0.4, -0.2) is 45.6 Å². The molecule has 2 saturated heterocycles. The molecule has 2 aliphatic rings. The lowest BCUT2D eigenvalue weighted by atomic mass is 10.1. The van der Waals surface area contributed by atoms with Crippen molar-refractivity contribution in [2.45, 2.75) is 37.6 Å². The van der Waals surface area contributed by atoms with Crippen molar-refractivity contribution in [1.82, 2.24) is 25.1 Å². The Morgan fingerprint density at radius 1 is 1.37 bits per heavy atom. The van der Waals surface area contributed by atoms with Crippen LogP contribution in [0.4, 0.5) is 0 Å². The highest BCUT2D eigenvalue weighted by Crippen LogP contribution is 2.26. The number of ether oxygens (including phenoxy) is 1. The van der Waals surface area contributed by atoms with Gasteiger partial charge in [0.1, 0.15) is 5.01 Å². The van der Waals surface area contributed by atoms with E-state index in [-0.39, 0.29) is 0 Å². The van der Waals surface area contributed by atoms with Crippen molar-refractivity contribution in [2.24, 2.45) is 0 Å². The zero-order valence-electron chi connectivity index (χ0n) is 10.7. The quantitative estimate of drug-likeness (QED) is 0.907. The lowest BCUT2D eigenvalue weighted by Crippen LogP contribution is -2.23. The zero-order valence-corrected chi connectivity index (χ0v) is 11.5. The predicted octanol–water partition coefficient (Wildman–Crippen LogP) is 0.984. The summed E-state index contributed by atoms with van der Waals surface area (Å²) in [6.07, 6.45) is 4.56. The van der Waals surface area contributed by atoms with Gasteiger partial charge >= 0.3 is 0 Å². The summed E-state index contributed by atoms with van der Waals surface area (Å²) in [6, 6.07) is 0.585. The molecule has 0 radical (unpaired) electrons. The number of hydrogen-bond donors (Lipinski definition) is 1. The second-order valence-electron chi connectivity index (χ2n) is 5.31. The molecule has 4 rings (SSSR count). The van der Waals surface area contributed by atoms with Crippen LogP contribution in [0.25, 0.3) is 4.96 Å². The molecule has 0 spiro atoms. The number of hydrogen-bond acceptors (Lipinski definition) is 6. The third kappa shape index (κ3) is 2.15. The van der Waals surface area contributed by atoms with E-state index in [1.807, 2.05) is 4.52 Å². The Labute approximate surface area is 115 Å². The number of nitrogens with zero attached hydrogens (tertiary/aromatic N) is 4. The first kappa shape index (κ1) is 11.7. The largest absolute Gasteiger partial charge is 0.381 e. The van der Waals surface area contributed by atoms with E-state index in [9.17, 15) is 0 Å². The molecule has 4 heterocycles. The minimum absolute atomic E-state index is 0.356. The molecule has 0 aromatic carbocycles. The average Bonchev–Trinajstić information content (AvgIpc) is 3.12. The molecule has 0 bridgehead atoms. The molecule has 2 aromatic rings. The van der Waals surface area contributed by atoms with Crippen LogP contribution < -0.4 is 5.32 Å². The predicted molar refractivity (Wildman–Crippen MR) is 71.6 cm³/mol. The van der Waals surface area contributed by atoms with Crippen molar-refractivity contribution < 1.29 is 4.74 Å². The van der Waals surface area contributed by atoms with Gasteiger partial charge in [-0.2, -0.15) is 9.61 Å². The van der Waals surface area contributed by atoms with E-state index in [1.165, 1.54) is 12.8 Å². The normalized spacial score (nSPS) is 27.6. The van der Waals surface area contributed by atoms with Crippen molar-refractivity contribution in [1.29, 1.82) is 0 Å². The van der Waals surface area contributed by atoms with Gasteiger partial charge in [-0.05, 0) is 25.8 Å². The monoisotopic (exact) mass is 279 g/mol. The van der Waals surface area contributed by atoms with Gasteiger partial charge < -0.3 is 10.1 Å². The summed E-state index contributed by atoms with van der Waals surface area (Å²) < 4.78 is 7.35. The standard InChI is InChI=1S/C12H17N5OS/c1-2-9(13-4-1)6-10-16-17-11(8-3-5-18-7-8)14-15-12(17)19-10/h8-9,13H,1-7H2. The van der Waals surface area contributed by atoms with Gasteiger partial charge in [0, 0.05) is 25.0 Å². The minimum Gasteiger partial charge on any atom is -0.381 e. The summed E-state index contributed by atoms with van der Waals surface area (Å²) in [7, 11) is 0. The van der Waals surface area contributed by atoms with Gasteiger partial charge in [0.15, 0.2) is 5.82 Å². The maximum atomic E-state index is 5.43. The first-order chi connectivity index (χ1) is 9.40. The highest BCUT2D eigenvalue weighted by Gasteiger charge is 2.25. The molecule has 19 heavy (non-hydrogen) atoms. The summed E-state index contributed by atoms with van der Waals surface area (Å²) in [6.45, 7) is 2.71. The number of aromatic nitrogens is 4. The van der Waals surface area contributed by atoms with Crippen LogP contribution in [0.5, 0.6) is 0 Å². The minimum atomic E-state index is 0.356. The van der Waals surface area contributed by atoms with Crippen LogP contribution >= 0.6 is 11.3 Å². The molecule has 0 aliphatic carbocycles. The molecular formula is C12H17N5OS. The van der Waals surface area contributed by atoms with Gasteiger partial charge in [-0.15, -0.1) is 10.2 Å². The van der Waals surface area contributed by atoms with Crippen LogP contribution in [0, 0.1) is 0 Å². The third-order valence-electron chi connectivity index (χ3n) is 3.94. The molecule has 2 atom stereocenters. The van der Waals surface area contributed by atoms with Crippen LogP contribution in [0.15, 0.2) is 0 Å². The smallest absolute Gasteiger partial charge is 0.234 e. The second-order valence-corrected chi connectivity index (χ2v) is 6.35. The molecule has 2 fully saturated rings. The molecule has 6 nitrogen and oxygen atoms in total. The molecule has 1 N–H and O–H groups in total. The van der Waals surface area contributed by atoms with E-state index in [2.05, 4.69) is 15.5 Å². The fourth-order valence-corrected chi connectivity index (χ4v) is 3.81. The van der Waals surface area contributed by atoms with Crippen LogP contribution in [-0.2, 0) is 11.2 Å². The summed E-state index contributed by atoms with van der Waals surface area (Å²) in [5, 5.41) is 17.9. The van der Waals surface area contributed by atoms with E-state index in [0.29, 0.717) is 12.0 Å². The van der Waals surface area contributed by atoms with Crippen molar-refractivity contribution in [2.75, 3.05) is 19.8 Å². The van der Waals surface area contributed by atoms with Crippen molar-refractivity contribution in [3.05, 3.63) is 10.8 Å². The van der Waals surface area contributed by atoms with Crippen LogP contribution in [0.3, 0.4) is 0 Å². The fourth-order valence-electron chi connectivity index (χ4n) is 2.89. The van der Waals surface area contributed by atoms with E-state index in [0.717, 1.165) is 48.4 Å². The van der Waals surface area contributed by atoms with Gasteiger partial charge in [0.05, 0.1) is 6.61 Å². The lowest BCUT2D eigenvalue weighted by molar-refractivity contribution is 0.193. The first-order valence-corrected chi connectivity index (χ1v) is 7.74. The zero-order chi connectivity index (χ0) is 12.7. The first-order valence-electron chi connectivity index (χ1n) is 6.92. The second kappa shape index (κ2) is 4.81. The average molecular weight is 279 g/mol. The Hall–Kier alpha value is -1.05. The maximum absolute atomic E-state index is 5.43. The summed E-state index contributed by atoms with van der Waals surface area (Å²) in [5.74, 6) is 1.32. The van der Waals surface area contributed by atoms with Gasteiger partial charge in [-0.1, -0.05) is 11.3 Å². The maximum Gasteiger partial charge on any atom is 0.234 e. The molecule has 0 amide bonds. The van der Waals surface area contributed by atoms with Crippen molar-refractivity contribution in [3.8, 4) is 0 Å². The molecule has 2 aromatic heterocycles. The van der Waals surface area contributed by atoms with E-state index in [4.69, 9.17) is 9.84 Å². The summed E-state index contributed by atoms with van der Waals surface area (Å²) in [5.41, 5.74) is 0. The van der Waals surface area contributed by atoms with E-state index in [1.54, 1.807) is 11.3 Å². The Bertz CT molecular complexity index is 568. The molecule has 2 aliphatic heterocycles. The van der Waals surface area contributed by atoms with Gasteiger partial charge in [-0.25, -0.2) is 0 Å². The Kier molecular flexibility index (Phi) is 2.97. The van der Waals surface area contributed by atoms with Crippen LogP contribution in [0.2, 0.25) is 0 Å². The third-order valence-corrected chi connectivity index (χ3v) is 4.86. The fraction of sp³-hybridized carbons (Fsp3) is 0.750. The molecular weight excluding hydrogens is 262 g/mol. The Morgan fingerprint density at radius 2 is 2.37 bits per heavy atom. The Balaban J connectivity index is 1.60. The van der Waals surface area contributed by atoms with Gasteiger partial charge in [-0.3, -0.25) is 0 Å². The lowest BCUT2D eigenvalue weighted by Gasteiger charge is -2.06. The number of rotatable bonds is 3. The van der Waals surface area contributed by atoms with E-state index < -0.39 is 0 Å². The van der Waals surface area contributed by atoms with Crippen LogP contribution in [0.1, 0.15) is 36.0 Å². The van der Waals surface area contributed by atoms with Gasteiger partial charge in [0.2, 0.25) is 4.96 Å². The number of fused-ring (bicyclic) bond motifs is 1. The summed E-state index contributed by atoms with van der Waals surface area (Å²) >= 11 is 1.66. The summed E-state index contributed by atoms with van der Waals surface area (Å²) in [4.78, 5) is 0.912. The highest BCUT2D eigenvalue weighted by molar-refractivity contribution is 7.16. The van der Waals surface area contributed by atoms with E-state index >= 15 is 0 Å². The molecule has 2 unspecified atom stereocenters. The van der Waals surface area contributed by atoms with Crippen molar-refractivity contribution in [3.63, 3.8) is 0 Å². The molecule has 7 heteroatoms. The van der Waals surface area contributed by atoms with Crippen molar-refractivity contribution >= 4 is 16.3 Å². The van der Waals surface area contributed by atoms with Gasteiger partial charge in [0.25, 0.3) is 0 Å².